The molecule has 0 spiro atoms. The van der Waals surface area contributed by atoms with Crippen LogP contribution < -0.4 is 10.9 Å². The third-order valence-corrected chi connectivity index (χ3v) is 4.22. The van der Waals surface area contributed by atoms with Gasteiger partial charge in [-0.2, -0.15) is 0 Å². The Morgan fingerprint density at radius 3 is 2.38 bits per heavy atom. The van der Waals surface area contributed by atoms with Crippen molar-refractivity contribution >= 4 is 11.6 Å². The van der Waals surface area contributed by atoms with Crippen molar-refractivity contribution in [2.45, 2.75) is 39.8 Å². The number of nitrogens with zero attached hydrogens (tertiary/aromatic N) is 2. The summed E-state index contributed by atoms with van der Waals surface area (Å²) in [6.45, 7) is 5.81. The van der Waals surface area contributed by atoms with Gasteiger partial charge in [0.15, 0.2) is 0 Å². The second kappa shape index (κ2) is 8.42. The first-order valence-electron chi connectivity index (χ1n) is 8.55. The molecule has 1 N–H and O–H groups in total. The van der Waals surface area contributed by atoms with Gasteiger partial charge in [-0.15, -0.1) is 0 Å². The minimum atomic E-state index is -0.597. The Bertz CT molecular complexity index is 841. The molecule has 0 saturated carbocycles. The standard InChI is InChI=1S/C19H23N3O4/c1-4-14-5-7-15(8-6-14)19(13(2)3)20-17(23)12-21-11-16(22(25)26)9-10-18(21)24/h5-11,13,19H,4,12H2,1-3H3,(H,20,23). The highest BCUT2D eigenvalue weighted by Crippen LogP contribution is 2.22. The molecule has 1 amide bonds. The van der Waals surface area contributed by atoms with E-state index in [-0.39, 0.29) is 30.1 Å². The van der Waals surface area contributed by atoms with E-state index in [1.807, 2.05) is 38.1 Å². The summed E-state index contributed by atoms with van der Waals surface area (Å²) < 4.78 is 1.05. The predicted molar refractivity (Wildman–Crippen MR) is 98.9 cm³/mol. The number of pyridine rings is 1. The molecule has 1 unspecified atom stereocenters. The molecular formula is C19H23N3O4. The average Bonchev–Trinajstić information content (AvgIpc) is 2.61. The first kappa shape index (κ1) is 19.4. The molecule has 0 aliphatic heterocycles. The van der Waals surface area contributed by atoms with Crippen LogP contribution in [-0.2, 0) is 17.8 Å². The summed E-state index contributed by atoms with van der Waals surface area (Å²) in [5, 5.41) is 13.8. The van der Waals surface area contributed by atoms with Gasteiger partial charge in [0.05, 0.1) is 17.2 Å². The lowest BCUT2D eigenvalue weighted by Crippen LogP contribution is -2.36. The largest absolute Gasteiger partial charge is 0.347 e. The van der Waals surface area contributed by atoms with E-state index in [1.54, 1.807) is 0 Å². The molecule has 7 heteroatoms. The van der Waals surface area contributed by atoms with Crippen molar-refractivity contribution in [2.75, 3.05) is 0 Å². The van der Waals surface area contributed by atoms with Crippen molar-refractivity contribution in [2.24, 2.45) is 5.92 Å². The van der Waals surface area contributed by atoms with E-state index in [0.717, 1.165) is 34.9 Å². The maximum atomic E-state index is 12.4. The summed E-state index contributed by atoms with van der Waals surface area (Å²) in [6, 6.07) is 10.1. The average molecular weight is 357 g/mol. The number of carbonyl (C=O) groups is 1. The molecule has 1 aromatic heterocycles. The van der Waals surface area contributed by atoms with Crippen LogP contribution in [0.1, 0.15) is 37.9 Å². The molecule has 0 aliphatic carbocycles. The summed E-state index contributed by atoms with van der Waals surface area (Å²) in [6.07, 6.45) is 2.02. The van der Waals surface area contributed by atoms with Gasteiger partial charge in [-0.25, -0.2) is 0 Å². The highest BCUT2D eigenvalue weighted by Gasteiger charge is 2.19. The molecule has 2 aromatic rings. The van der Waals surface area contributed by atoms with E-state index < -0.39 is 10.5 Å². The second-order valence-corrected chi connectivity index (χ2v) is 6.49. The molecule has 26 heavy (non-hydrogen) atoms. The van der Waals surface area contributed by atoms with Crippen molar-refractivity contribution in [3.05, 3.63) is 74.2 Å². The molecule has 0 aliphatic rings. The van der Waals surface area contributed by atoms with E-state index in [4.69, 9.17) is 0 Å². The minimum Gasteiger partial charge on any atom is -0.347 e. The van der Waals surface area contributed by atoms with Crippen LogP contribution in [0.4, 0.5) is 5.69 Å². The van der Waals surface area contributed by atoms with Crippen LogP contribution in [0.15, 0.2) is 47.4 Å². The monoisotopic (exact) mass is 357 g/mol. The first-order valence-corrected chi connectivity index (χ1v) is 8.55. The van der Waals surface area contributed by atoms with Gasteiger partial charge in [0.25, 0.3) is 11.2 Å². The smallest absolute Gasteiger partial charge is 0.285 e. The van der Waals surface area contributed by atoms with Crippen LogP contribution >= 0.6 is 0 Å². The lowest BCUT2D eigenvalue weighted by molar-refractivity contribution is -0.385. The SMILES string of the molecule is CCc1ccc(C(NC(=O)Cn2cc([N+](=O)[O-])ccc2=O)C(C)C)cc1. The van der Waals surface area contributed by atoms with Gasteiger partial charge in [-0.1, -0.05) is 45.0 Å². The molecule has 7 nitrogen and oxygen atoms in total. The molecule has 1 heterocycles. The lowest BCUT2D eigenvalue weighted by atomic mass is 9.95. The van der Waals surface area contributed by atoms with Crippen LogP contribution in [0, 0.1) is 16.0 Å². The van der Waals surface area contributed by atoms with Crippen molar-refractivity contribution in [3.63, 3.8) is 0 Å². The number of amides is 1. The van der Waals surface area contributed by atoms with Gasteiger partial charge in [0, 0.05) is 12.1 Å². The molecule has 0 bridgehead atoms. The van der Waals surface area contributed by atoms with Crippen LogP contribution in [0.2, 0.25) is 0 Å². The normalized spacial score (nSPS) is 12.0. The lowest BCUT2D eigenvalue weighted by Gasteiger charge is -2.23. The fraction of sp³-hybridized carbons (Fsp3) is 0.368. The Hall–Kier alpha value is -2.96. The quantitative estimate of drug-likeness (QED) is 0.609. The zero-order valence-corrected chi connectivity index (χ0v) is 15.1. The highest BCUT2D eigenvalue weighted by molar-refractivity contribution is 5.76. The molecule has 2 rings (SSSR count). The number of nitro groups is 1. The van der Waals surface area contributed by atoms with E-state index in [2.05, 4.69) is 12.2 Å². The number of hydrogen-bond acceptors (Lipinski definition) is 4. The van der Waals surface area contributed by atoms with Gasteiger partial charge in [-0.3, -0.25) is 24.3 Å². The van der Waals surface area contributed by atoms with Crippen molar-refractivity contribution < 1.29 is 9.72 Å². The summed E-state index contributed by atoms with van der Waals surface area (Å²) in [4.78, 5) is 34.5. The molecule has 0 radical (unpaired) electrons. The van der Waals surface area contributed by atoms with Crippen LogP contribution in [-0.4, -0.2) is 15.4 Å². The van der Waals surface area contributed by atoms with E-state index >= 15 is 0 Å². The zero-order valence-electron chi connectivity index (χ0n) is 15.1. The summed E-state index contributed by atoms with van der Waals surface area (Å²) >= 11 is 0. The van der Waals surface area contributed by atoms with E-state index in [1.165, 1.54) is 5.56 Å². The Morgan fingerprint density at radius 2 is 1.85 bits per heavy atom. The Balaban J connectivity index is 2.16. The Kier molecular flexibility index (Phi) is 6.27. The number of nitrogens with one attached hydrogen (secondary N) is 1. The van der Waals surface area contributed by atoms with E-state index in [9.17, 15) is 19.7 Å². The van der Waals surface area contributed by atoms with Gasteiger partial charge in [0.2, 0.25) is 5.91 Å². The van der Waals surface area contributed by atoms with Gasteiger partial charge in [-0.05, 0) is 23.5 Å². The van der Waals surface area contributed by atoms with Gasteiger partial charge < -0.3 is 5.32 Å². The maximum absolute atomic E-state index is 12.4. The number of rotatable bonds is 7. The summed E-state index contributed by atoms with van der Waals surface area (Å²) in [7, 11) is 0. The van der Waals surface area contributed by atoms with Gasteiger partial charge in [0.1, 0.15) is 6.54 Å². The maximum Gasteiger partial charge on any atom is 0.285 e. The number of aromatic nitrogens is 1. The second-order valence-electron chi connectivity index (χ2n) is 6.49. The molecule has 0 fully saturated rings. The van der Waals surface area contributed by atoms with Crippen molar-refractivity contribution in [1.29, 1.82) is 0 Å². The minimum absolute atomic E-state index is 0.147. The van der Waals surface area contributed by atoms with Gasteiger partial charge >= 0.3 is 0 Å². The summed E-state index contributed by atoms with van der Waals surface area (Å²) in [5.41, 5.74) is 1.51. The number of hydrogen-bond donors (Lipinski definition) is 1. The number of benzene rings is 1. The van der Waals surface area contributed by atoms with Crippen LogP contribution in [0.3, 0.4) is 0 Å². The number of aryl methyl sites for hydroxylation is 1. The fourth-order valence-electron chi connectivity index (χ4n) is 2.72. The topological polar surface area (TPSA) is 94.2 Å². The third-order valence-electron chi connectivity index (χ3n) is 4.22. The molecule has 138 valence electrons. The zero-order chi connectivity index (χ0) is 19.3. The molecule has 1 aromatic carbocycles. The predicted octanol–water partition coefficient (Wildman–Crippen LogP) is 2.83. The first-order chi connectivity index (χ1) is 12.3. The fourth-order valence-corrected chi connectivity index (χ4v) is 2.72. The molecule has 1 atom stereocenters. The van der Waals surface area contributed by atoms with Crippen LogP contribution in [0.5, 0.6) is 0 Å². The summed E-state index contributed by atoms with van der Waals surface area (Å²) in [5.74, 6) is -0.223. The van der Waals surface area contributed by atoms with Crippen molar-refractivity contribution in [3.8, 4) is 0 Å². The van der Waals surface area contributed by atoms with E-state index in [0.29, 0.717) is 0 Å². The van der Waals surface area contributed by atoms with Crippen LogP contribution in [0.25, 0.3) is 0 Å². The Morgan fingerprint density at radius 1 is 1.19 bits per heavy atom. The highest BCUT2D eigenvalue weighted by atomic mass is 16.6. The van der Waals surface area contributed by atoms with Crippen molar-refractivity contribution in [1.82, 2.24) is 9.88 Å². The third kappa shape index (κ3) is 4.78. The molecule has 0 saturated heterocycles. The Labute approximate surface area is 151 Å². The molecular weight excluding hydrogens is 334 g/mol. The number of carbonyl (C=O) groups excluding carboxylic acids is 1.